The Morgan fingerprint density at radius 1 is 1.22 bits per heavy atom. The van der Waals surface area contributed by atoms with Crippen molar-refractivity contribution in [3.8, 4) is 0 Å². The van der Waals surface area contributed by atoms with Gasteiger partial charge in [0.25, 0.3) is 0 Å². The summed E-state index contributed by atoms with van der Waals surface area (Å²) in [6, 6.07) is 2.69. The Morgan fingerprint density at radius 3 is 2.56 bits per heavy atom. The van der Waals surface area contributed by atoms with E-state index in [0.29, 0.717) is 6.04 Å². The molecule has 1 aliphatic heterocycles. The highest BCUT2D eigenvalue weighted by Gasteiger charge is 2.25. The number of hydrogen-bond donors (Lipinski definition) is 1. The van der Waals surface area contributed by atoms with Crippen molar-refractivity contribution in [3.05, 3.63) is 29.6 Å². The maximum Gasteiger partial charge on any atom is 0.196 e. The van der Waals surface area contributed by atoms with Crippen LogP contribution in [-0.4, -0.2) is 30.1 Å². The second kappa shape index (κ2) is 5.18. The third-order valence-electron chi connectivity index (χ3n) is 3.34. The minimum atomic E-state index is -1.42. The van der Waals surface area contributed by atoms with Gasteiger partial charge in [-0.1, -0.05) is 0 Å². The van der Waals surface area contributed by atoms with Crippen molar-refractivity contribution in [3.63, 3.8) is 0 Å². The van der Waals surface area contributed by atoms with E-state index in [2.05, 4.69) is 24.1 Å². The van der Waals surface area contributed by atoms with Gasteiger partial charge in [0.1, 0.15) is 0 Å². The highest BCUT2D eigenvalue weighted by molar-refractivity contribution is 5.46. The van der Waals surface area contributed by atoms with Gasteiger partial charge in [-0.2, -0.15) is 0 Å². The molecule has 1 fully saturated rings. The lowest BCUT2D eigenvalue weighted by molar-refractivity contribution is 0.274. The quantitative estimate of drug-likeness (QED) is 0.838. The zero-order valence-electron chi connectivity index (χ0n) is 10.5. The zero-order valence-corrected chi connectivity index (χ0v) is 10.5. The molecule has 1 aromatic rings. The van der Waals surface area contributed by atoms with Gasteiger partial charge < -0.3 is 5.32 Å². The van der Waals surface area contributed by atoms with Gasteiger partial charge in [-0.25, -0.2) is 13.2 Å². The van der Waals surface area contributed by atoms with Crippen LogP contribution in [0.4, 0.5) is 18.9 Å². The molecular weight excluding hydrogens is 241 g/mol. The molecule has 0 aromatic heterocycles. The first-order chi connectivity index (χ1) is 8.49. The average molecular weight is 258 g/mol. The lowest BCUT2D eigenvalue weighted by Crippen LogP contribution is -2.31. The first-order valence-electron chi connectivity index (χ1n) is 6.13. The molecule has 1 aliphatic rings. The van der Waals surface area contributed by atoms with Crippen molar-refractivity contribution in [2.45, 2.75) is 32.4 Å². The Kier molecular flexibility index (Phi) is 3.80. The molecule has 2 nitrogen and oxygen atoms in total. The first kappa shape index (κ1) is 13.2. The van der Waals surface area contributed by atoms with E-state index in [1.165, 1.54) is 6.07 Å². The highest BCUT2D eigenvalue weighted by Crippen LogP contribution is 2.23. The van der Waals surface area contributed by atoms with Crippen molar-refractivity contribution < 1.29 is 13.2 Å². The minimum Gasteiger partial charge on any atom is -0.379 e. The van der Waals surface area contributed by atoms with Crippen molar-refractivity contribution in [1.82, 2.24) is 4.90 Å². The van der Waals surface area contributed by atoms with E-state index < -0.39 is 17.5 Å². The Hall–Kier alpha value is -1.23. The van der Waals surface area contributed by atoms with E-state index in [0.717, 1.165) is 25.6 Å². The second-order valence-corrected chi connectivity index (χ2v) is 4.94. The molecule has 1 atom stereocenters. The molecule has 0 bridgehead atoms. The maximum absolute atomic E-state index is 13.5. The molecular formula is C13H17F3N2. The minimum absolute atomic E-state index is 0.0320. The Balaban J connectivity index is 2.05. The summed E-state index contributed by atoms with van der Waals surface area (Å²) in [5, 5.41) is 2.94. The Bertz CT molecular complexity index is 434. The van der Waals surface area contributed by atoms with Gasteiger partial charge in [0.05, 0.1) is 5.69 Å². The summed E-state index contributed by atoms with van der Waals surface area (Å²) in [5.41, 5.74) is 0.0320. The van der Waals surface area contributed by atoms with Crippen LogP contribution in [-0.2, 0) is 0 Å². The van der Waals surface area contributed by atoms with Crippen molar-refractivity contribution in [2.24, 2.45) is 0 Å². The van der Waals surface area contributed by atoms with Gasteiger partial charge in [0, 0.05) is 25.2 Å². The van der Waals surface area contributed by atoms with E-state index >= 15 is 0 Å². The number of nitrogens with one attached hydrogen (secondary N) is 1. The molecule has 1 aromatic carbocycles. The number of rotatable bonds is 3. The van der Waals surface area contributed by atoms with Crippen LogP contribution in [0.3, 0.4) is 0 Å². The van der Waals surface area contributed by atoms with Crippen LogP contribution < -0.4 is 5.32 Å². The maximum atomic E-state index is 13.5. The summed E-state index contributed by atoms with van der Waals surface area (Å²) in [5.74, 6) is -3.72. The second-order valence-electron chi connectivity index (χ2n) is 4.94. The molecule has 0 radical (unpaired) electrons. The average Bonchev–Trinajstić information content (AvgIpc) is 2.79. The fourth-order valence-electron chi connectivity index (χ4n) is 2.23. The van der Waals surface area contributed by atoms with Crippen LogP contribution in [0, 0.1) is 17.5 Å². The van der Waals surface area contributed by atoms with Crippen molar-refractivity contribution in [1.29, 1.82) is 0 Å². The fourth-order valence-corrected chi connectivity index (χ4v) is 2.23. The number of likely N-dealkylation sites (tertiary alicyclic amines) is 1. The van der Waals surface area contributed by atoms with Gasteiger partial charge in [-0.15, -0.1) is 0 Å². The third-order valence-corrected chi connectivity index (χ3v) is 3.34. The molecule has 1 saturated heterocycles. The Morgan fingerprint density at radius 2 is 1.94 bits per heavy atom. The van der Waals surface area contributed by atoms with Crippen LogP contribution in [0.2, 0.25) is 0 Å². The molecule has 0 amide bonds. The summed E-state index contributed by atoms with van der Waals surface area (Å²) in [7, 11) is 0. The molecule has 0 spiro atoms. The number of anilines is 1. The predicted octanol–water partition coefficient (Wildman–Crippen LogP) is 3.00. The van der Waals surface area contributed by atoms with E-state index in [9.17, 15) is 13.2 Å². The predicted molar refractivity (Wildman–Crippen MR) is 65.1 cm³/mol. The van der Waals surface area contributed by atoms with Crippen LogP contribution >= 0.6 is 0 Å². The van der Waals surface area contributed by atoms with E-state index in [-0.39, 0.29) is 11.7 Å². The third kappa shape index (κ3) is 2.61. The molecule has 1 heterocycles. The molecule has 100 valence electrons. The summed E-state index contributed by atoms with van der Waals surface area (Å²) < 4.78 is 39.3. The number of nitrogens with zero attached hydrogens (tertiary/aromatic N) is 1. The van der Waals surface area contributed by atoms with Gasteiger partial charge in [-0.3, -0.25) is 4.90 Å². The molecule has 0 saturated carbocycles. The summed E-state index contributed by atoms with van der Waals surface area (Å²) >= 11 is 0. The summed E-state index contributed by atoms with van der Waals surface area (Å²) in [4.78, 5) is 2.26. The number of hydrogen-bond acceptors (Lipinski definition) is 2. The van der Waals surface area contributed by atoms with Crippen LogP contribution in [0.1, 0.15) is 20.3 Å². The number of halogens is 3. The molecule has 1 unspecified atom stereocenters. The van der Waals surface area contributed by atoms with Gasteiger partial charge >= 0.3 is 0 Å². The SMILES string of the molecule is CC(C)N1CCC(Nc2ccc(F)c(F)c2F)C1. The topological polar surface area (TPSA) is 15.3 Å². The fraction of sp³-hybridized carbons (Fsp3) is 0.538. The van der Waals surface area contributed by atoms with Crippen LogP contribution in [0.5, 0.6) is 0 Å². The molecule has 1 N–H and O–H groups in total. The monoisotopic (exact) mass is 258 g/mol. The zero-order chi connectivity index (χ0) is 13.3. The normalized spacial score (nSPS) is 20.7. The molecule has 18 heavy (non-hydrogen) atoms. The van der Waals surface area contributed by atoms with Crippen LogP contribution in [0.15, 0.2) is 12.1 Å². The standard InChI is InChI=1S/C13H17F3N2/c1-8(2)18-6-5-9(7-18)17-11-4-3-10(14)12(15)13(11)16/h3-4,8-9,17H,5-7H2,1-2H3. The first-order valence-corrected chi connectivity index (χ1v) is 6.13. The molecule has 2 rings (SSSR count). The lowest BCUT2D eigenvalue weighted by Gasteiger charge is -2.21. The summed E-state index contributed by atoms with van der Waals surface area (Å²) in [6.07, 6.45) is 0.872. The number of benzene rings is 1. The van der Waals surface area contributed by atoms with Gasteiger partial charge in [0.15, 0.2) is 17.5 Å². The van der Waals surface area contributed by atoms with Crippen LogP contribution in [0.25, 0.3) is 0 Å². The van der Waals surface area contributed by atoms with Crippen molar-refractivity contribution >= 4 is 5.69 Å². The smallest absolute Gasteiger partial charge is 0.196 e. The molecule has 5 heteroatoms. The van der Waals surface area contributed by atoms with E-state index in [1.807, 2.05) is 0 Å². The van der Waals surface area contributed by atoms with Crippen molar-refractivity contribution in [2.75, 3.05) is 18.4 Å². The van der Waals surface area contributed by atoms with E-state index in [1.54, 1.807) is 0 Å². The Labute approximate surface area is 105 Å². The summed E-state index contributed by atoms with van der Waals surface area (Å²) in [6.45, 7) is 5.91. The highest BCUT2D eigenvalue weighted by atomic mass is 19.2. The lowest BCUT2D eigenvalue weighted by atomic mass is 10.2. The van der Waals surface area contributed by atoms with Gasteiger partial charge in [-0.05, 0) is 32.4 Å². The van der Waals surface area contributed by atoms with Gasteiger partial charge in [0.2, 0.25) is 0 Å². The molecule has 0 aliphatic carbocycles. The largest absolute Gasteiger partial charge is 0.379 e. The van der Waals surface area contributed by atoms with E-state index in [4.69, 9.17) is 0 Å².